The smallest absolute Gasteiger partial charge is 0.321 e. The second-order valence-corrected chi connectivity index (χ2v) is 5.01. The molecule has 0 aromatic rings. The minimum absolute atomic E-state index is 0.229. The monoisotopic (exact) mass is 242 g/mol. The second kappa shape index (κ2) is 6.93. The molecule has 0 bridgehead atoms. The summed E-state index contributed by atoms with van der Waals surface area (Å²) in [7, 11) is 2.41. The molecule has 0 heterocycles. The Kier molecular flexibility index (Phi) is 6.71. The highest BCUT2D eigenvalue weighted by Gasteiger charge is 2.14. The topological polar surface area (TPSA) is 127 Å². The fraction of sp³-hybridized carbons (Fsp3) is 0.667. The van der Waals surface area contributed by atoms with Gasteiger partial charge in [0.1, 0.15) is 12.1 Å². The zero-order chi connectivity index (χ0) is 11.1. The summed E-state index contributed by atoms with van der Waals surface area (Å²) < 4.78 is 0. The van der Waals surface area contributed by atoms with Crippen molar-refractivity contribution in [1.82, 2.24) is 0 Å². The average Bonchev–Trinajstić information content (AvgIpc) is 2.11. The number of aliphatic carboxylic acids is 2. The summed E-state index contributed by atoms with van der Waals surface area (Å²) in [6.07, 6.45) is 0. The Hall–Kier alpha value is -0.440. The van der Waals surface area contributed by atoms with Crippen LogP contribution in [0.1, 0.15) is 0 Å². The Morgan fingerprint density at radius 3 is 1.50 bits per heavy atom. The molecule has 0 saturated heterocycles. The van der Waals surface area contributed by atoms with Gasteiger partial charge in [0, 0.05) is 11.5 Å². The van der Waals surface area contributed by atoms with Gasteiger partial charge < -0.3 is 21.7 Å². The van der Waals surface area contributed by atoms with Crippen LogP contribution in [0.25, 0.3) is 0 Å². The molecular formula is C6H12N2O4S2. The molecule has 0 saturated carbocycles. The lowest BCUT2D eigenvalue weighted by Gasteiger charge is -2.07. The normalized spacial score (nSPS) is 14.7. The highest BCUT2D eigenvalue weighted by Crippen LogP contribution is 2.22. The molecule has 14 heavy (non-hydrogen) atoms. The fourth-order valence-electron chi connectivity index (χ4n) is 0.385. The summed E-state index contributed by atoms with van der Waals surface area (Å²) in [5.41, 5.74) is 10.4. The first-order chi connectivity index (χ1) is 6.45. The first kappa shape index (κ1) is 13.6. The Bertz CT molecular complexity index is 192. The predicted octanol–water partition coefficient (Wildman–Crippen LogP) is -0.808. The van der Waals surface area contributed by atoms with E-state index in [0.717, 1.165) is 0 Å². The molecule has 0 amide bonds. The van der Waals surface area contributed by atoms with Crippen LogP contribution in [0.4, 0.5) is 0 Å². The van der Waals surface area contributed by atoms with Crippen LogP contribution in [-0.2, 0) is 9.59 Å². The molecule has 0 aromatic heterocycles. The van der Waals surface area contributed by atoms with Gasteiger partial charge in [0.05, 0.1) is 0 Å². The first-order valence-corrected chi connectivity index (χ1v) is 6.15. The number of hydrogen-bond acceptors (Lipinski definition) is 6. The van der Waals surface area contributed by atoms with Crippen molar-refractivity contribution in [2.24, 2.45) is 11.5 Å². The molecule has 0 aliphatic carbocycles. The van der Waals surface area contributed by atoms with E-state index in [1.807, 2.05) is 0 Å². The largest absolute Gasteiger partial charge is 0.480 e. The molecule has 6 N–H and O–H groups in total. The van der Waals surface area contributed by atoms with Gasteiger partial charge in [-0.25, -0.2) is 0 Å². The van der Waals surface area contributed by atoms with Crippen LogP contribution in [0.2, 0.25) is 0 Å². The minimum atomic E-state index is -1.07. The maximum absolute atomic E-state index is 10.3. The van der Waals surface area contributed by atoms with E-state index < -0.39 is 24.0 Å². The SMILES string of the molecule is [15NH2][C@H](CSSC[C@H]([15NH2])C(=O)O)C(=O)O. The van der Waals surface area contributed by atoms with Gasteiger partial charge in [0.15, 0.2) is 0 Å². The number of carboxylic acid groups (broad SMARTS) is 2. The van der Waals surface area contributed by atoms with E-state index in [1.54, 1.807) is 0 Å². The second-order valence-electron chi connectivity index (χ2n) is 2.46. The minimum Gasteiger partial charge on any atom is -0.480 e. The van der Waals surface area contributed by atoms with Crippen molar-refractivity contribution in [3.8, 4) is 0 Å². The van der Waals surface area contributed by atoms with Crippen molar-refractivity contribution >= 4 is 33.5 Å². The summed E-state index contributed by atoms with van der Waals surface area (Å²) in [4.78, 5) is 20.5. The number of carboxylic acids is 2. The van der Waals surface area contributed by atoms with Gasteiger partial charge in [-0.2, -0.15) is 0 Å². The van der Waals surface area contributed by atoms with Gasteiger partial charge in [0.25, 0.3) is 0 Å². The fourth-order valence-corrected chi connectivity index (χ4v) is 2.61. The molecule has 0 fully saturated rings. The van der Waals surface area contributed by atoms with Crippen molar-refractivity contribution in [2.75, 3.05) is 11.5 Å². The van der Waals surface area contributed by atoms with E-state index in [1.165, 1.54) is 21.6 Å². The van der Waals surface area contributed by atoms with Crippen molar-refractivity contribution in [2.45, 2.75) is 12.1 Å². The van der Waals surface area contributed by atoms with E-state index in [0.29, 0.717) is 0 Å². The summed E-state index contributed by atoms with van der Waals surface area (Å²) >= 11 is 0. The maximum atomic E-state index is 10.3. The predicted molar refractivity (Wildman–Crippen MR) is 56.1 cm³/mol. The first-order valence-electron chi connectivity index (χ1n) is 3.66. The van der Waals surface area contributed by atoms with E-state index in [4.69, 9.17) is 21.7 Å². The summed E-state index contributed by atoms with van der Waals surface area (Å²) in [6.45, 7) is 0. The third-order valence-electron chi connectivity index (χ3n) is 1.21. The van der Waals surface area contributed by atoms with E-state index in [-0.39, 0.29) is 11.5 Å². The van der Waals surface area contributed by atoms with Crippen molar-refractivity contribution in [1.29, 1.82) is 0 Å². The zero-order valence-corrected chi connectivity index (χ0v) is 8.88. The molecule has 0 radical (unpaired) electrons. The van der Waals surface area contributed by atoms with Gasteiger partial charge >= 0.3 is 11.9 Å². The standard InChI is InChI=1S/C6H12N2O4S2/c7-3(5(9)10)1-13-14-2-4(8)6(11)12/h3-4H,1-2,7-8H2,(H,9,10)(H,11,12)/t3-,4+/i7+1,8+1. The van der Waals surface area contributed by atoms with Gasteiger partial charge in [0.2, 0.25) is 0 Å². The van der Waals surface area contributed by atoms with E-state index >= 15 is 0 Å². The molecule has 82 valence electrons. The Labute approximate surface area is 88.8 Å². The van der Waals surface area contributed by atoms with Crippen LogP contribution in [-0.4, -0.2) is 45.7 Å². The number of nitrogens with two attached hydrogens (primary N) is 2. The van der Waals surface area contributed by atoms with Crippen LogP contribution in [0.3, 0.4) is 0 Å². The lowest BCUT2D eigenvalue weighted by Crippen LogP contribution is -2.33. The van der Waals surface area contributed by atoms with Crippen LogP contribution in [0, 0.1) is 0 Å². The molecule has 0 spiro atoms. The molecule has 0 unspecified atom stereocenters. The third-order valence-corrected chi connectivity index (χ3v) is 3.69. The number of hydrogen-bond donors (Lipinski definition) is 4. The number of rotatable bonds is 7. The van der Waals surface area contributed by atoms with E-state index in [2.05, 4.69) is 0 Å². The van der Waals surface area contributed by atoms with Gasteiger partial charge in [-0.05, 0) is 0 Å². The molecule has 6 nitrogen and oxygen atoms in total. The zero-order valence-electron chi connectivity index (χ0n) is 7.25. The van der Waals surface area contributed by atoms with Crippen LogP contribution < -0.4 is 11.5 Å². The van der Waals surface area contributed by atoms with E-state index in [9.17, 15) is 9.59 Å². The van der Waals surface area contributed by atoms with Gasteiger partial charge in [-0.3, -0.25) is 9.59 Å². The van der Waals surface area contributed by atoms with Crippen LogP contribution in [0.5, 0.6) is 0 Å². The Morgan fingerprint density at radius 2 is 1.29 bits per heavy atom. The molecule has 0 rings (SSSR count). The lowest BCUT2D eigenvalue weighted by atomic mass is 10.4. The van der Waals surface area contributed by atoms with Gasteiger partial charge in [-0.1, -0.05) is 21.6 Å². The summed E-state index contributed by atoms with van der Waals surface area (Å²) in [5, 5.41) is 16.8. The highest BCUT2D eigenvalue weighted by atomic mass is 33.1. The molecular weight excluding hydrogens is 230 g/mol. The average molecular weight is 242 g/mol. The van der Waals surface area contributed by atoms with Gasteiger partial charge in [-0.15, -0.1) is 0 Å². The molecule has 2 atom stereocenters. The lowest BCUT2D eigenvalue weighted by molar-refractivity contribution is -0.138. The van der Waals surface area contributed by atoms with Crippen molar-refractivity contribution in [3.63, 3.8) is 0 Å². The molecule has 8 heteroatoms. The van der Waals surface area contributed by atoms with Crippen LogP contribution in [0.15, 0.2) is 0 Å². The molecule has 0 aliphatic heterocycles. The van der Waals surface area contributed by atoms with Crippen LogP contribution >= 0.6 is 21.6 Å². The van der Waals surface area contributed by atoms with Crippen molar-refractivity contribution in [3.05, 3.63) is 0 Å². The third kappa shape index (κ3) is 6.08. The highest BCUT2D eigenvalue weighted by molar-refractivity contribution is 8.76. The molecule has 0 aromatic carbocycles. The van der Waals surface area contributed by atoms with Crippen molar-refractivity contribution < 1.29 is 19.8 Å². The quantitative estimate of drug-likeness (QED) is 0.259. The maximum Gasteiger partial charge on any atom is 0.321 e. The summed E-state index contributed by atoms with van der Waals surface area (Å²) in [5.74, 6) is -1.68. The molecule has 0 aliphatic rings. The Morgan fingerprint density at radius 1 is 1.00 bits per heavy atom. The summed E-state index contributed by atoms with van der Waals surface area (Å²) in [6, 6.07) is -1.85. The Balaban J connectivity index is 3.47. The number of carbonyl (C=O) groups is 2.